The van der Waals surface area contributed by atoms with Crippen molar-refractivity contribution < 1.29 is 8.42 Å². The highest BCUT2D eigenvalue weighted by Crippen LogP contribution is 2.17. The first-order valence-corrected chi connectivity index (χ1v) is 9.84. The predicted molar refractivity (Wildman–Crippen MR) is 85.9 cm³/mol. The molecule has 0 aliphatic carbocycles. The lowest BCUT2D eigenvalue weighted by molar-refractivity contribution is 0.256. The molecule has 1 N–H and O–H groups in total. The Morgan fingerprint density at radius 3 is 2.50 bits per heavy atom. The Balaban J connectivity index is 1.96. The second-order valence-electron chi connectivity index (χ2n) is 6.55. The van der Waals surface area contributed by atoms with Crippen LogP contribution in [0.3, 0.4) is 0 Å². The molecule has 1 heterocycles. The maximum atomic E-state index is 11.4. The van der Waals surface area contributed by atoms with Crippen LogP contribution in [-0.4, -0.2) is 57.5 Å². The highest BCUT2D eigenvalue weighted by Gasteiger charge is 2.30. The summed E-state index contributed by atoms with van der Waals surface area (Å²) in [4.78, 5) is 2.24. The third-order valence-electron chi connectivity index (χ3n) is 4.00. The van der Waals surface area contributed by atoms with E-state index >= 15 is 0 Å². The topological polar surface area (TPSA) is 49.4 Å². The van der Waals surface area contributed by atoms with Gasteiger partial charge in [0.1, 0.15) is 0 Å². The second kappa shape index (κ2) is 9.00. The lowest BCUT2D eigenvalue weighted by Gasteiger charge is -2.22. The molecule has 5 heteroatoms. The fourth-order valence-corrected chi connectivity index (χ4v) is 4.47. The summed E-state index contributed by atoms with van der Waals surface area (Å²) in [5.74, 6) is 1.47. The van der Waals surface area contributed by atoms with E-state index < -0.39 is 9.84 Å². The Bertz CT molecular complexity index is 355. The van der Waals surface area contributed by atoms with Crippen molar-refractivity contribution in [2.24, 2.45) is 5.92 Å². The SMILES string of the molecule is CC(C)CNCCCCCCN(C)C1CCS(=O)(=O)C1. The maximum Gasteiger partial charge on any atom is 0.151 e. The van der Waals surface area contributed by atoms with E-state index in [1.165, 1.54) is 25.7 Å². The molecule has 0 bridgehead atoms. The van der Waals surface area contributed by atoms with E-state index in [-0.39, 0.29) is 6.04 Å². The minimum atomic E-state index is -2.74. The van der Waals surface area contributed by atoms with E-state index in [0.717, 1.165) is 32.0 Å². The van der Waals surface area contributed by atoms with Crippen LogP contribution in [0.2, 0.25) is 0 Å². The van der Waals surface area contributed by atoms with Crippen molar-refractivity contribution in [1.29, 1.82) is 0 Å². The Kier molecular flexibility index (Phi) is 8.07. The summed E-state index contributed by atoms with van der Waals surface area (Å²) >= 11 is 0. The van der Waals surface area contributed by atoms with Gasteiger partial charge >= 0.3 is 0 Å². The summed E-state index contributed by atoms with van der Waals surface area (Å²) in [6.07, 6.45) is 5.75. The molecule has 1 aliphatic rings. The number of sulfone groups is 1. The zero-order valence-electron chi connectivity index (χ0n) is 13.4. The maximum absolute atomic E-state index is 11.4. The molecule has 20 heavy (non-hydrogen) atoms. The lowest BCUT2D eigenvalue weighted by Crippen LogP contribution is -2.33. The molecule has 1 atom stereocenters. The molecule has 0 spiro atoms. The third kappa shape index (κ3) is 7.60. The second-order valence-corrected chi connectivity index (χ2v) is 8.78. The molecule has 4 nitrogen and oxygen atoms in total. The molecule has 1 saturated heterocycles. The number of hydrogen-bond donors (Lipinski definition) is 1. The normalized spacial score (nSPS) is 21.9. The molecular weight excluding hydrogens is 272 g/mol. The molecule has 0 saturated carbocycles. The number of nitrogens with zero attached hydrogens (tertiary/aromatic N) is 1. The molecule has 120 valence electrons. The summed E-state index contributed by atoms with van der Waals surface area (Å²) in [5, 5.41) is 3.46. The molecule has 1 fully saturated rings. The van der Waals surface area contributed by atoms with Crippen LogP contribution in [0.15, 0.2) is 0 Å². The van der Waals surface area contributed by atoms with Crippen LogP contribution in [0.25, 0.3) is 0 Å². The van der Waals surface area contributed by atoms with Gasteiger partial charge in [-0.1, -0.05) is 26.7 Å². The van der Waals surface area contributed by atoms with E-state index in [4.69, 9.17) is 0 Å². The van der Waals surface area contributed by atoms with Crippen LogP contribution >= 0.6 is 0 Å². The van der Waals surface area contributed by atoms with Gasteiger partial charge in [-0.15, -0.1) is 0 Å². The molecule has 1 aliphatic heterocycles. The van der Waals surface area contributed by atoms with E-state index in [9.17, 15) is 8.42 Å². The van der Waals surface area contributed by atoms with Crippen molar-refractivity contribution in [3.8, 4) is 0 Å². The predicted octanol–water partition coefficient (Wildman–Crippen LogP) is 1.91. The molecular formula is C15H32N2O2S. The van der Waals surface area contributed by atoms with Gasteiger partial charge in [-0.25, -0.2) is 8.42 Å². The quantitative estimate of drug-likeness (QED) is 0.626. The fourth-order valence-electron chi connectivity index (χ4n) is 2.66. The zero-order chi connectivity index (χ0) is 15.0. The molecule has 0 aromatic rings. The Morgan fingerprint density at radius 2 is 1.90 bits per heavy atom. The number of hydrogen-bond acceptors (Lipinski definition) is 4. The highest BCUT2D eigenvalue weighted by atomic mass is 32.2. The summed E-state index contributed by atoms with van der Waals surface area (Å²) < 4.78 is 22.9. The molecule has 1 unspecified atom stereocenters. The van der Waals surface area contributed by atoms with Crippen LogP contribution < -0.4 is 5.32 Å². The average Bonchev–Trinajstić information content (AvgIpc) is 2.72. The average molecular weight is 304 g/mol. The van der Waals surface area contributed by atoms with Gasteiger partial charge in [0.05, 0.1) is 11.5 Å². The van der Waals surface area contributed by atoms with E-state index in [2.05, 4.69) is 31.1 Å². The zero-order valence-corrected chi connectivity index (χ0v) is 14.2. The number of nitrogens with one attached hydrogen (secondary N) is 1. The molecule has 0 amide bonds. The first-order chi connectivity index (χ1) is 9.41. The largest absolute Gasteiger partial charge is 0.316 e. The van der Waals surface area contributed by atoms with Crippen LogP contribution in [0.1, 0.15) is 46.0 Å². The minimum Gasteiger partial charge on any atom is -0.316 e. The Labute approximate surface area is 125 Å². The number of unbranched alkanes of at least 4 members (excludes halogenated alkanes) is 3. The lowest BCUT2D eigenvalue weighted by atomic mass is 10.1. The van der Waals surface area contributed by atoms with E-state index in [1.807, 2.05) is 0 Å². The van der Waals surface area contributed by atoms with Crippen molar-refractivity contribution in [2.45, 2.75) is 52.0 Å². The molecule has 0 aromatic heterocycles. The van der Waals surface area contributed by atoms with Crippen molar-refractivity contribution in [2.75, 3.05) is 38.2 Å². The first-order valence-electron chi connectivity index (χ1n) is 8.02. The Hall–Kier alpha value is -0.130. The number of rotatable bonds is 10. The highest BCUT2D eigenvalue weighted by molar-refractivity contribution is 7.91. The van der Waals surface area contributed by atoms with Gasteiger partial charge < -0.3 is 10.2 Å². The van der Waals surface area contributed by atoms with Gasteiger partial charge in [-0.3, -0.25) is 0 Å². The molecule has 0 radical (unpaired) electrons. The van der Waals surface area contributed by atoms with Gasteiger partial charge in [0.25, 0.3) is 0 Å². The molecule has 0 aromatic carbocycles. The van der Waals surface area contributed by atoms with Crippen molar-refractivity contribution in [1.82, 2.24) is 10.2 Å². The van der Waals surface area contributed by atoms with Gasteiger partial charge in [0.2, 0.25) is 0 Å². The fraction of sp³-hybridized carbons (Fsp3) is 1.00. The first kappa shape index (κ1) is 17.9. The summed E-state index contributed by atoms with van der Waals surface area (Å²) in [7, 11) is -0.678. The van der Waals surface area contributed by atoms with E-state index in [0.29, 0.717) is 11.5 Å². The summed E-state index contributed by atoms with van der Waals surface area (Å²) in [6.45, 7) is 7.71. The van der Waals surface area contributed by atoms with Crippen LogP contribution in [-0.2, 0) is 9.84 Å². The van der Waals surface area contributed by atoms with Gasteiger partial charge in [0.15, 0.2) is 9.84 Å². The smallest absolute Gasteiger partial charge is 0.151 e. The third-order valence-corrected chi connectivity index (χ3v) is 5.75. The van der Waals surface area contributed by atoms with Crippen LogP contribution in [0, 0.1) is 5.92 Å². The standard InChI is InChI=1S/C15H32N2O2S/c1-14(2)12-16-9-6-4-5-7-10-17(3)15-8-11-20(18,19)13-15/h14-16H,4-13H2,1-3H3. The van der Waals surface area contributed by atoms with Crippen molar-refractivity contribution in [3.63, 3.8) is 0 Å². The van der Waals surface area contributed by atoms with Gasteiger partial charge in [0, 0.05) is 6.04 Å². The van der Waals surface area contributed by atoms with Crippen molar-refractivity contribution in [3.05, 3.63) is 0 Å². The van der Waals surface area contributed by atoms with Crippen LogP contribution in [0.4, 0.5) is 0 Å². The molecule has 1 rings (SSSR count). The van der Waals surface area contributed by atoms with Crippen LogP contribution in [0.5, 0.6) is 0 Å². The van der Waals surface area contributed by atoms with E-state index in [1.54, 1.807) is 0 Å². The van der Waals surface area contributed by atoms with Gasteiger partial charge in [-0.2, -0.15) is 0 Å². The van der Waals surface area contributed by atoms with Crippen molar-refractivity contribution >= 4 is 9.84 Å². The minimum absolute atomic E-state index is 0.257. The Morgan fingerprint density at radius 1 is 1.20 bits per heavy atom. The summed E-state index contributed by atoms with van der Waals surface area (Å²) in [5.41, 5.74) is 0. The monoisotopic (exact) mass is 304 g/mol. The summed E-state index contributed by atoms with van der Waals surface area (Å²) in [6, 6.07) is 0.257. The van der Waals surface area contributed by atoms with Gasteiger partial charge in [-0.05, 0) is 51.9 Å².